The number of fused-ring (bicyclic) bond motifs is 1. The number of hydrogen-bond donors (Lipinski definition) is 0. The van der Waals surface area contributed by atoms with Crippen molar-refractivity contribution in [1.29, 1.82) is 0 Å². The molecule has 2 rings (SSSR count). The number of carbonyl (C=O) groups is 4. The first-order valence-corrected chi connectivity index (χ1v) is 9.23. The molecule has 1 aliphatic rings. The van der Waals surface area contributed by atoms with E-state index < -0.39 is 53.3 Å². The summed E-state index contributed by atoms with van der Waals surface area (Å²) in [6, 6.07) is 3.28. The van der Waals surface area contributed by atoms with E-state index in [0.29, 0.717) is 6.42 Å². The average Bonchev–Trinajstić information content (AvgIpc) is 2.86. The van der Waals surface area contributed by atoms with E-state index in [9.17, 15) is 32.3 Å². The predicted octanol–water partition coefficient (Wildman–Crippen LogP) is 3.01. The summed E-state index contributed by atoms with van der Waals surface area (Å²) in [5.41, 5.74) is 0.300. The van der Waals surface area contributed by atoms with Crippen molar-refractivity contribution in [1.82, 2.24) is 0 Å². The molecule has 0 bridgehead atoms. The third-order valence-corrected chi connectivity index (χ3v) is 4.84. The molecule has 0 aromatic heterocycles. The van der Waals surface area contributed by atoms with E-state index in [0.717, 1.165) is 30.9 Å². The number of carbonyl (C=O) groups excluding carboxylic acids is 4. The molecule has 1 aromatic carbocycles. The van der Waals surface area contributed by atoms with E-state index in [2.05, 4.69) is 4.74 Å². The summed E-state index contributed by atoms with van der Waals surface area (Å²) in [7, 11) is 1.39. The lowest BCUT2D eigenvalue weighted by Crippen LogP contribution is -2.42. The van der Waals surface area contributed by atoms with E-state index in [1.165, 1.54) is 13.1 Å². The monoisotopic (exact) mass is 429 g/mol. The summed E-state index contributed by atoms with van der Waals surface area (Å²) in [6.45, 7) is 3.96. The van der Waals surface area contributed by atoms with Gasteiger partial charge in [0.2, 0.25) is 5.91 Å². The summed E-state index contributed by atoms with van der Waals surface area (Å²) in [4.78, 5) is 51.3. The highest BCUT2D eigenvalue weighted by Gasteiger charge is 2.50. The molecule has 10 heteroatoms. The van der Waals surface area contributed by atoms with Crippen LogP contribution in [0, 0.1) is 11.8 Å². The van der Waals surface area contributed by atoms with E-state index in [4.69, 9.17) is 4.74 Å². The summed E-state index contributed by atoms with van der Waals surface area (Å²) in [5, 5.41) is 0. The Hall–Kier alpha value is -2.91. The standard InChI is InChI=1S/C20H22F3NO6/c1-5-8-29-19(28)17(15(10(2)25)11(3)26)16-13-9-12(30-20(21,22)23)6-7-14(13)24(4)18(16)27/h6-7,9,15-17H,5,8H2,1-4H3. The van der Waals surface area contributed by atoms with Gasteiger partial charge in [-0.3, -0.25) is 19.2 Å². The Morgan fingerprint density at radius 3 is 2.27 bits per heavy atom. The Morgan fingerprint density at radius 2 is 1.77 bits per heavy atom. The smallest absolute Gasteiger partial charge is 0.465 e. The van der Waals surface area contributed by atoms with Crippen LogP contribution in [0.2, 0.25) is 0 Å². The molecule has 1 amide bonds. The van der Waals surface area contributed by atoms with Crippen LogP contribution < -0.4 is 9.64 Å². The van der Waals surface area contributed by atoms with Crippen LogP contribution in [0.4, 0.5) is 18.9 Å². The van der Waals surface area contributed by atoms with Crippen LogP contribution in [-0.4, -0.2) is 43.5 Å². The molecule has 1 heterocycles. The van der Waals surface area contributed by atoms with Gasteiger partial charge in [-0.05, 0) is 44.0 Å². The maximum atomic E-state index is 13.0. The van der Waals surface area contributed by atoms with Gasteiger partial charge < -0.3 is 14.4 Å². The first-order chi connectivity index (χ1) is 13.9. The van der Waals surface area contributed by atoms with Gasteiger partial charge >= 0.3 is 12.3 Å². The van der Waals surface area contributed by atoms with Crippen molar-refractivity contribution in [2.24, 2.45) is 11.8 Å². The van der Waals surface area contributed by atoms with Gasteiger partial charge in [0.25, 0.3) is 0 Å². The molecule has 30 heavy (non-hydrogen) atoms. The van der Waals surface area contributed by atoms with Crippen LogP contribution in [0.25, 0.3) is 0 Å². The average molecular weight is 429 g/mol. The van der Waals surface area contributed by atoms with Crippen molar-refractivity contribution in [2.75, 3.05) is 18.6 Å². The molecule has 0 fully saturated rings. The molecule has 0 spiro atoms. The van der Waals surface area contributed by atoms with Gasteiger partial charge in [-0.2, -0.15) is 0 Å². The molecule has 0 aliphatic carbocycles. The van der Waals surface area contributed by atoms with Crippen LogP contribution >= 0.6 is 0 Å². The van der Waals surface area contributed by atoms with E-state index in [1.807, 2.05) is 0 Å². The van der Waals surface area contributed by atoms with Gasteiger partial charge in [0.1, 0.15) is 17.3 Å². The second kappa shape index (κ2) is 8.85. The molecule has 0 N–H and O–H groups in total. The van der Waals surface area contributed by atoms with Crippen LogP contribution in [0.15, 0.2) is 18.2 Å². The molecule has 7 nitrogen and oxygen atoms in total. The Bertz CT molecular complexity index is 853. The van der Waals surface area contributed by atoms with Crippen LogP contribution in [0.5, 0.6) is 5.75 Å². The number of amides is 1. The largest absolute Gasteiger partial charge is 0.573 e. The number of halogens is 3. The Kier molecular flexibility index (Phi) is 6.89. The molecular formula is C20H22F3NO6. The number of likely N-dealkylation sites (N-methyl/N-ethyl adjacent to an activating group) is 1. The lowest BCUT2D eigenvalue weighted by Gasteiger charge is -2.26. The minimum Gasteiger partial charge on any atom is -0.465 e. The molecule has 1 aliphatic heterocycles. The maximum absolute atomic E-state index is 13.0. The summed E-state index contributed by atoms with van der Waals surface area (Å²) < 4.78 is 47.0. The number of Topliss-reactive ketones (excluding diaryl/α,β-unsaturated/α-hetero) is 2. The molecule has 0 saturated carbocycles. The highest BCUT2D eigenvalue weighted by atomic mass is 19.4. The van der Waals surface area contributed by atoms with Crippen LogP contribution in [-0.2, 0) is 23.9 Å². The second-order valence-corrected chi connectivity index (χ2v) is 7.04. The molecule has 0 saturated heterocycles. The fraction of sp³-hybridized carbons (Fsp3) is 0.500. The van der Waals surface area contributed by atoms with Crippen molar-refractivity contribution in [2.45, 2.75) is 39.5 Å². The number of benzene rings is 1. The third kappa shape index (κ3) is 4.80. The zero-order valence-corrected chi connectivity index (χ0v) is 16.9. The Balaban J connectivity index is 2.62. The van der Waals surface area contributed by atoms with Gasteiger partial charge in [-0.1, -0.05) is 6.92 Å². The number of anilines is 1. The quantitative estimate of drug-likeness (QED) is 0.466. The third-order valence-electron chi connectivity index (χ3n) is 4.84. The Morgan fingerprint density at radius 1 is 1.17 bits per heavy atom. The van der Waals surface area contributed by atoms with Gasteiger partial charge in [0.15, 0.2) is 0 Å². The fourth-order valence-corrected chi connectivity index (χ4v) is 3.65. The summed E-state index contributed by atoms with van der Waals surface area (Å²) >= 11 is 0. The van der Waals surface area contributed by atoms with Crippen molar-refractivity contribution in [3.05, 3.63) is 23.8 Å². The molecule has 164 valence electrons. The van der Waals surface area contributed by atoms with Gasteiger partial charge in [-0.15, -0.1) is 13.2 Å². The summed E-state index contributed by atoms with van der Waals surface area (Å²) in [5.74, 6) is -7.81. The topological polar surface area (TPSA) is 90.0 Å². The molecule has 1 aromatic rings. The SMILES string of the molecule is CCCOC(=O)C(C(C(C)=O)C(C)=O)C1C(=O)N(C)c2ccc(OC(F)(F)F)cc21. The minimum atomic E-state index is -4.96. The van der Waals surface area contributed by atoms with Gasteiger partial charge in [0.05, 0.1) is 24.4 Å². The number of esters is 1. The van der Waals surface area contributed by atoms with E-state index in [-0.39, 0.29) is 17.9 Å². The van der Waals surface area contributed by atoms with Crippen molar-refractivity contribution in [3.63, 3.8) is 0 Å². The maximum Gasteiger partial charge on any atom is 0.573 e. The zero-order valence-electron chi connectivity index (χ0n) is 16.9. The minimum absolute atomic E-state index is 0.00130. The van der Waals surface area contributed by atoms with E-state index in [1.54, 1.807) is 6.92 Å². The van der Waals surface area contributed by atoms with Crippen LogP contribution in [0.3, 0.4) is 0 Å². The van der Waals surface area contributed by atoms with Crippen LogP contribution in [0.1, 0.15) is 38.7 Å². The lowest BCUT2D eigenvalue weighted by molar-refractivity contribution is -0.274. The molecular weight excluding hydrogens is 407 g/mol. The normalized spacial score (nSPS) is 17.0. The highest BCUT2D eigenvalue weighted by molar-refractivity contribution is 6.10. The number of ketones is 2. The second-order valence-electron chi connectivity index (χ2n) is 7.04. The first-order valence-electron chi connectivity index (χ1n) is 9.23. The zero-order chi connectivity index (χ0) is 22.8. The number of rotatable bonds is 8. The number of hydrogen-bond acceptors (Lipinski definition) is 6. The molecule has 0 radical (unpaired) electrons. The van der Waals surface area contributed by atoms with Crippen molar-refractivity contribution < 1.29 is 41.8 Å². The number of alkyl halides is 3. The predicted molar refractivity (Wildman–Crippen MR) is 98.9 cm³/mol. The molecule has 2 atom stereocenters. The van der Waals surface area contributed by atoms with Crippen molar-refractivity contribution >= 4 is 29.1 Å². The van der Waals surface area contributed by atoms with Gasteiger partial charge in [0, 0.05) is 12.7 Å². The number of nitrogens with zero attached hydrogens (tertiary/aromatic N) is 1. The molecule has 2 unspecified atom stereocenters. The highest BCUT2D eigenvalue weighted by Crippen LogP contribution is 2.45. The first kappa shape index (κ1) is 23.4. The lowest BCUT2D eigenvalue weighted by atomic mass is 9.75. The summed E-state index contributed by atoms with van der Waals surface area (Å²) in [6.07, 6.45) is -4.50. The number of ether oxygens (including phenoxy) is 2. The van der Waals surface area contributed by atoms with Gasteiger partial charge in [-0.25, -0.2) is 0 Å². The Labute approximate surface area is 171 Å². The van der Waals surface area contributed by atoms with Crippen molar-refractivity contribution in [3.8, 4) is 5.75 Å². The van der Waals surface area contributed by atoms with E-state index >= 15 is 0 Å². The fourth-order valence-electron chi connectivity index (χ4n) is 3.65.